The first-order valence-electron chi connectivity index (χ1n) is 7.37. The van der Waals surface area contributed by atoms with Crippen LogP contribution in [0.5, 0.6) is 0 Å². The first kappa shape index (κ1) is 21.1. The molecule has 0 radical (unpaired) electrons. The second-order valence-electron chi connectivity index (χ2n) is 3.55. The van der Waals surface area contributed by atoms with Crippen molar-refractivity contribution in [3.05, 3.63) is 0 Å². The van der Waals surface area contributed by atoms with E-state index in [1.807, 2.05) is 20.9 Å². The summed E-state index contributed by atoms with van der Waals surface area (Å²) in [6.45, 7) is 12.3. The fraction of sp³-hybridized carbons (Fsp3) is 1.00. The number of hydrogen-bond donors (Lipinski definition) is 1. The highest BCUT2D eigenvalue weighted by atomic mass is 16.6. The lowest BCUT2D eigenvalue weighted by molar-refractivity contribution is -0.00126. The van der Waals surface area contributed by atoms with Crippen LogP contribution in [-0.2, 0) is 18.9 Å². The summed E-state index contributed by atoms with van der Waals surface area (Å²) in [7, 11) is 1.90. The zero-order chi connectivity index (χ0) is 14.6. The minimum atomic E-state index is 0.614. The molecule has 1 N–H and O–H groups in total. The summed E-state index contributed by atoms with van der Waals surface area (Å²) in [5.41, 5.74) is 0. The molecule has 0 aromatic heterocycles. The highest BCUT2D eigenvalue weighted by Crippen LogP contribution is 1.83. The van der Waals surface area contributed by atoms with Crippen LogP contribution in [0.15, 0.2) is 0 Å². The van der Waals surface area contributed by atoms with Crippen molar-refractivity contribution in [1.29, 1.82) is 0 Å². The van der Waals surface area contributed by atoms with Crippen molar-refractivity contribution >= 4 is 0 Å². The Kier molecular flexibility index (Phi) is 25.5. The van der Waals surface area contributed by atoms with Crippen molar-refractivity contribution in [3.8, 4) is 0 Å². The standard InChI is InChI=1S/C12H27NO4.C2H6/c1-3-5-14-7-9-16-11-12-17-10-8-15-6-4-13-2;1-2/h13H,3-12H2,1-2H3;1-2H3. The molecule has 0 rings (SSSR count). The van der Waals surface area contributed by atoms with Crippen molar-refractivity contribution in [2.24, 2.45) is 0 Å². The Labute approximate surface area is 118 Å². The van der Waals surface area contributed by atoms with Gasteiger partial charge in [0.1, 0.15) is 0 Å². The second-order valence-corrected chi connectivity index (χ2v) is 3.55. The monoisotopic (exact) mass is 279 g/mol. The molecular weight excluding hydrogens is 246 g/mol. The maximum Gasteiger partial charge on any atom is 0.0701 e. The highest BCUT2D eigenvalue weighted by Gasteiger charge is 1.91. The molecule has 0 saturated carbocycles. The van der Waals surface area contributed by atoms with Crippen LogP contribution in [0.4, 0.5) is 0 Å². The summed E-state index contributed by atoms with van der Waals surface area (Å²) < 4.78 is 21.2. The normalized spacial score (nSPS) is 10.1. The third kappa shape index (κ3) is 23.3. The van der Waals surface area contributed by atoms with E-state index < -0.39 is 0 Å². The molecule has 0 atom stereocenters. The molecule has 0 aliphatic heterocycles. The van der Waals surface area contributed by atoms with Crippen molar-refractivity contribution < 1.29 is 18.9 Å². The van der Waals surface area contributed by atoms with Crippen molar-refractivity contribution in [3.63, 3.8) is 0 Å². The lowest BCUT2D eigenvalue weighted by Gasteiger charge is -2.07. The SMILES string of the molecule is CC.CCCOCCOCCOCCOCCNC. The van der Waals surface area contributed by atoms with Crippen LogP contribution >= 0.6 is 0 Å². The molecule has 19 heavy (non-hydrogen) atoms. The zero-order valence-corrected chi connectivity index (χ0v) is 13.2. The number of nitrogens with one attached hydrogen (secondary N) is 1. The Morgan fingerprint density at radius 3 is 1.37 bits per heavy atom. The second kappa shape index (κ2) is 22.9. The maximum atomic E-state index is 5.33. The Hall–Kier alpha value is -0.200. The van der Waals surface area contributed by atoms with Gasteiger partial charge in [0.2, 0.25) is 0 Å². The molecule has 0 heterocycles. The van der Waals surface area contributed by atoms with Gasteiger partial charge in [-0.15, -0.1) is 0 Å². The van der Waals surface area contributed by atoms with Crippen LogP contribution < -0.4 is 5.32 Å². The van der Waals surface area contributed by atoms with Crippen LogP contribution in [0.25, 0.3) is 0 Å². The van der Waals surface area contributed by atoms with Crippen LogP contribution in [0.3, 0.4) is 0 Å². The molecule has 0 aromatic carbocycles. The Morgan fingerprint density at radius 1 is 0.632 bits per heavy atom. The smallest absolute Gasteiger partial charge is 0.0701 e. The van der Waals surface area contributed by atoms with Gasteiger partial charge in [0.25, 0.3) is 0 Å². The van der Waals surface area contributed by atoms with E-state index in [1.54, 1.807) is 0 Å². The predicted octanol–water partition coefficient (Wildman–Crippen LogP) is 1.71. The van der Waals surface area contributed by atoms with E-state index in [4.69, 9.17) is 18.9 Å². The van der Waals surface area contributed by atoms with Gasteiger partial charge in [0.05, 0.1) is 46.2 Å². The van der Waals surface area contributed by atoms with Crippen molar-refractivity contribution in [1.82, 2.24) is 5.32 Å². The van der Waals surface area contributed by atoms with Gasteiger partial charge < -0.3 is 24.3 Å². The minimum absolute atomic E-state index is 0.614. The molecule has 118 valence electrons. The molecule has 0 aliphatic rings. The van der Waals surface area contributed by atoms with E-state index in [-0.39, 0.29) is 0 Å². The number of likely N-dealkylation sites (N-methyl/N-ethyl adjacent to an activating group) is 1. The van der Waals surface area contributed by atoms with Gasteiger partial charge in [-0.05, 0) is 13.5 Å². The molecule has 0 fully saturated rings. The number of hydrogen-bond acceptors (Lipinski definition) is 5. The van der Waals surface area contributed by atoms with Crippen LogP contribution in [0, 0.1) is 0 Å². The Morgan fingerprint density at radius 2 is 1.00 bits per heavy atom. The molecule has 0 aliphatic carbocycles. The zero-order valence-electron chi connectivity index (χ0n) is 13.2. The van der Waals surface area contributed by atoms with E-state index in [1.165, 1.54) is 0 Å². The molecule has 0 saturated heterocycles. The molecule has 0 bridgehead atoms. The van der Waals surface area contributed by atoms with Gasteiger partial charge in [-0.25, -0.2) is 0 Å². The van der Waals surface area contributed by atoms with Crippen LogP contribution in [-0.4, -0.2) is 66.4 Å². The lowest BCUT2D eigenvalue weighted by Crippen LogP contribution is -2.17. The van der Waals surface area contributed by atoms with E-state index >= 15 is 0 Å². The number of ether oxygens (including phenoxy) is 4. The Bertz CT molecular complexity index is 123. The minimum Gasteiger partial charge on any atom is -0.379 e. The molecule has 0 aromatic rings. The summed E-state index contributed by atoms with van der Waals surface area (Å²) >= 11 is 0. The van der Waals surface area contributed by atoms with Gasteiger partial charge in [0.15, 0.2) is 0 Å². The largest absolute Gasteiger partial charge is 0.379 e. The fourth-order valence-corrected chi connectivity index (χ4v) is 1.08. The summed E-state index contributed by atoms with van der Waals surface area (Å²) in [6.07, 6.45) is 1.05. The summed E-state index contributed by atoms with van der Waals surface area (Å²) in [5, 5.41) is 3.01. The first-order valence-corrected chi connectivity index (χ1v) is 7.37. The average Bonchev–Trinajstić information content (AvgIpc) is 2.46. The third-order valence-corrected chi connectivity index (χ3v) is 1.96. The fourth-order valence-electron chi connectivity index (χ4n) is 1.08. The van der Waals surface area contributed by atoms with E-state index in [0.29, 0.717) is 39.6 Å². The maximum absolute atomic E-state index is 5.33. The van der Waals surface area contributed by atoms with E-state index in [0.717, 1.165) is 26.2 Å². The van der Waals surface area contributed by atoms with Crippen LogP contribution in [0.1, 0.15) is 27.2 Å². The van der Waals surface area contributed by atoms with Gasteiger partial charge >= 0.3 is 0 Å². The predicted molar refractivity (Wildman–Crippen MR) is 78.8 cm³/mol. The molecule has 5 heteroatoms. The third-order valence-electron chi connectivity index (χ3n) is 1.96. The summed E-state index contributed by atoms with van der Waals surface area (Å²) in [5.74, 6) is 0. The highest BCUT2D eigenvalue weighted by molar-refractivity contribution is 4.37. The summed E-state index contributed by atoms with van der Waals surface area (Å²) in [6, 6.07) is 0. The number of rotatable bonds is 14. The molecular formula is C14H33NO4. The summed E-state index contributed by atoms with van der Waals surface area (Å²) in [4.78, 5) is 0. The molecule has 0 spiro atoms. The Balaban J connectivity index is 0. The van der Waals surface area contributed by atoms with E-state index in [2.05, 4.69) is 12.2 Å². The molecule has 0 unspecified atom stereocenters. The quantitative estimate of drug-likeness (QED) is 0.491. The first-order chi connectivity index (χ1) is 9.41. The van der Waals surface area contributed by atoms with Gasteiger partial charge in [-0.2, -0.15) is 0 Å². The molecule has 5 nitrogen and oxygen atoms in total. The van der Waals surface area contributed by atoms with E-state index in [9.17, 15) is 0 Å². The topological polar surface area (TPSA) is 49.0 Å². The lowest BCUT2D eigenvalue weighted by atomic mass is 10.5. The van der Waals surface area contributed by atoms with Gasteiger partial charge in [-0.1, -0.05) is 20.8 Å². The van der Waals surface area contributed by atoms with Gasteiger partial charge in [0, 0.05) is 13.2 Å². The van der Waals surface area contributed by atoms with Crippen molar-refractivity contribution in [2.75, 3.05) is 66.4 Å². The van der Waals surface area contributed by atoms with Crippen LogP contribution in [0.2, 0.25) is 0 Å². The van der Waals surface area contributed by atoms with Crippen molar-refractivity contribution in [2.45, 2.75) is 27.2 Å². The molecule has 0 amide bonds. The average molecular weight is 279 g/mol. The van der Waals surface area contributed by atoms with Gasteiger partial charge in [-0.3, -0.25) is 0 Å².